The average Bonchev–Trinajstić information content (AvgIpc) is 2.66. The summed E-state index contributed by atoms with van der Waals surface area (Å²) in [6.45, 7) is 0.101. The predicted octanol–water partition coefficient (Wildman–Crippen LogP) is 2.44. The van der Waals surface area contributed by atoms with Crippen LogP contribution in [-0.2, 0) is 21.3 Å². The molecule has 0 saturated carbocycles. The summed E-state index contributed by atoms with van der Waals surface area (Å²) < 4.78 is 72.5. The Morgan fingerprint density at radius 3 is 2.34 bits per heavy atom. The Balaban J connectivity index is 2.02. The highest BCUT2D eigenvalue weighted by Gasteiger charge is 2.32. The highest BCUT2D eigenvalue weighted by molar-refractivity contribution is 7.89. The van der Waals surface area contributed by atoms with Gasteiger partial charge in [0.25, 0.3) is 5.91 Å². The molecule has 0 aliphatic heterocycles. The van der Waals surface area contributed by atoms with E-state index in [1.165, 1.54) is 49.6 Å². The van der Waals surface area contributed by atoms with E-state index in [0.717, 1.165) is 6.07 Å². The number of nitrogens with one attached hydrogen (secondary N) is 2. The molecule has 0 saturated heterocycles. The number of alkyl halides is 3. The van der Waals surface area contributed by atoms with E-state index < -0.39 is 28.0 Å². The smallest absolute Gasteiger partial charge is 0.405 e. The Bertz CT molecular complexity index is 931. The summed E-state index contributed by atoms with van der Waals surface area (Å²) in [7, 11) is -2.30. The molecule has 0 aliphatic carbocycles. The number of halogens is 3. The van der Waals surface area contributed by atoms with Gasteiger partial charge in [-0.3, -0.25) is 4.79 Å². The number of carbonyl (C=O) groups is 1. The zero-order valence-electron chi connectivity index (χ0n) is 15.3. The van der Waals surface area contributed by atoms with Gasteiger partial charge in [-0.15, -0.1) is 13.2 Å². The summed E-state index contributed by atoms with van der Waals surface area (Å²) in [5.41, 5.74) is 0.287. The molecule has 1 amide bonds. The molecule has 0 spiro atoms. The maximum Gasteiger partial charge on any atom is 0.573 e. The zero-order chi connectivity index (χ0) is 21.5. The summed E-state index contributed by atoms with van der Waals surface area (Å²) in [6, 6.07) is 10.5. The molecule has 11 heteroatoms. The van der Waals surface area contributed by atoms with Crippen LogP contribution in [0, 0.1) is 0 Å². The highest BCUT2D eigenvalue weighted by Crippen LogP contribution is 2.26. The van der Waals surface area contributed by atoms with Gasteiger partial charge in [-0.2, -0.15) is 0 Å². The molecule has 0 bridgehead atoms. The molecule has 2 aromatic carbocycles. The van der Waals surface area contributed by atoms with Crippen LogP contribution >= 0.6 is 0 Å². The number of hydrogen-bond donors (Lipinski definition) is 2. The molecule has 0 atom stereocenters. The van der Waals surface area contributed by atoms with E-state index in [-0.39, 0.29) is 35.7 Å². The fourth-order valence-corrected chi connectivity index (χ4v) is 3.31. The Hall–Kier alpha value is -2.63. The van der Waals surface area contributed by atoms with Crippen molar-refractivity contribution in [3.05, 3.63) is 59.7 Å². The third kappa shape index (κ3) is 7.04. The molecule has 2 aromatic rings. The lowest BCUT2D eigenvalue weighted by Crippen LogP contribution is -2.27. The molecule has 0 heterocycles. The van der Waals surface area contributed by atoms with Crippen molar-refractivity contribution in [3.8, 4) is 5.75 Å². The van der Waals surface area contributed by atoms with Gasteiger partial charge < -0.3 is 14.8 Å². The molecule has 0 unspecified atom stereocenters. The molecular formula is C18H19F3N2O5S. The molecule has 2 N–H and O–H groups in total. The van der Waals surface area contributed by atoms with Crippen LogP contribution in [0.2, 0.25) is 0 Å². The molecular weight excluding hydrogens is 413 g/mol. The first-order valence-electron chi connectivity index (χ1n) is 8.33. The van der Waals surface area contributed by atoms with Gasteiger partial charge in [0.2, 0.25) is 10.0 Å². The lowest BCUT2D eigenvalue weighted by atomic mass is 10.2. The van der Waals surface area contributed by atoms with E-state index in [2.05, 4.69) is 14.8 Å². The number of methoxy groups -OCH3 is 1. The van der Waals surface area contributed by atoms with E-state index in [4.69, 9.17) is 4.74 Å². The number of hydrogen-bond acceptors (Lipinski definition) is 5. The summed E-state index contributed by atoms with van der Waals surface area (Å²) in [5.74, 6) is -0.994. The summed E-state index contributed by atoms with van der Waals surface area (Å²) in [4.78, 5) is 12.2. The van der Waals surface area contributed by atoms with Gasteiger partial charge in [0.05, 0.1) is 11.5 Å². The van der Waals surface area contributed by atoms with Crippen molar-refractivity contribution >= 4 is 15.9 Å². The monoisotopic (exact) mass is 432 g/mol. The number of amides is 1. The molecule has 7 nitrogen and oxygen atoms in total. The molecule has 2 rings (SSSR count). The second kappa shape index (κ2) is 9.72. The number of benzene rings is 2. The largest absolute Gasteiger partial charge is 0.573 e. The Kier molecular flexibility index (Phi) is 7.59. The maximum absolute atomic E-state index is 12.4. The van der Waals surface area contributed by atoms with Gasteiger partial charge >= 0.3 is 6.36 Å². The predicted molar refractivity (Wildman–Crippen MR) is 97.8 cm³/mol. The normalized spacial score (nSPS) is 11.9. The fraction of sp³-hybridized carbons (Fsp3) is 0.278. The van der Waals surface area contributed by atoms with Crippen molar-refractivity contribution in [2.45, 2.75) is 17.8 Å². The van der Waals surface area contributed by atoms with Crippen LogP contribution in [0.15, 0.2) is 53.4 Å². The van der Waals surface area contributed by atoms with E-state index in [1.807, 2.05) is 0 Å². The Morgan fingerprint density at radius 1 is 1.07 bits per heavy atom. The number of sulfonamides is 1. The highest BCUT2D eigenvalue weighted by atomic mass is 32.2. The topological polar surface area (TPSA) is 93.7 Å². The first kappa shape index (κ1) is 22.7. The molecule has 0 radical (unpaired) electrons. The van der Waals surface area contributed by atoms with E-state index >= 15 is 0 Å². The van der Waals surface area contributed by atoms with Crippen LogP contribution in [0.4, 0.5) is 13.2 Å². The molecule has 29 heavy (non-hydrogen) atoms. The maximum atomic E-state index is 12.4. The SMILES string of the molecule is COCCNS(=O)(=O)c1ccc(C(=O)NCc2ccccc2OC(F)(F)F)cc1. The first-order chi connectivity index (χ1) is 13.6. The third-order valence-corrected chi connectivity index (χ3v) is 5.14. The van der Waals surface area contributed by atoms with Gasteiger partial charge in [-0.05, 0) is 30.3 Å². The summed E-state index contributed by atoms with van der Waals surface area (Å²) in [6.07, 6.45) is -4.85. The summed E-state index contributed by atoms with van der Waals surface area (Å²) in [5, 5.41) is 2.47. The van der Waals surface area contributed by atoms with Crippen LogP contribution in [0.25, 0.3) is 0 Å². The quantitative estimate of drug-likeness (QED) is 0.594. The second-order valence-corrected chi connectivity index (χ2v) is 7.52. The average molecular weight is 432 g/mol. The number of ether oxygens (including phenoxy) is 2. The van der Waals surface area contributed by atoms with Crippen LogP contribution in [0.3, 0.4) is 0 Å². The van der Waals surface area contributed by atoms with Crippen molar-refractivity contribution in [2.24, 2.45) is 0 Å². The van der Waals surface area contributed by atoms with Gasteiger partial charge in [0, 0.05) is 31.3 Å². The zero-order valence-corrected chi connectivity index (χ0v) is 16.1. The van der Waals surface area contributed by atoms with Gasteiger partial charge in [-0.25, -0.2) is 13.1 Å². The van der Waals surface area contributed by atoms with Gasteiger partial charge in [0.1, 0.15) is 5.75 Å². The lowest BCUT2D eigenvalue weighted by Gasteiger charge is -2.13. The van der Waals surface area contributed by atoms with Crippen LogP contribution in [0.5, 0.6) is 5.75 Å². The second-order valence-electron chi connectivity index (χ2n) is 5.75. The van der Waals surface area contributed by atoms with E-state index in [9.17, 15) is 26.4 Å². The minimum atomic E-state index is -4.85. The molecule has 158 valence electrons. The standard InChI is InChI=1S/C18H19F3N2O5S/c1-27-11-10-23-29(25,26)15-8-6-13(7-9-15)17(24)22-12-14-4-2-3-5-16(14)28-18(19,20)21/h2-9,23H,10-12H2,1H3,(H,22,24). The minimum absolute atomic E-state index is 0.0333. The molecule has 0 aromatic heterocycles. The van der Waals surface area contributed by atoms with Gasteiger partial charge in [-0.1, -0.05) is 18.2 Å². The van der Waals surface area contributed by atoms with Crippen molar-refractivity contribution in [2.75, 3.05) is 20.3 Å². The first-order valence-corrected chi connectivity index (χ1v) is 9.81. The van der Waals surface area contributed by atoms with Crippen LogP contribution in [0.1, 0.15) is 15.9 Å². The number of rotatable bonds is 9. The van der Waals surface area contributed by atoms with Crippen molar-refractivity contribution < 1.29 is 35.9 Å². The molecule has 0 aliphatic rings. The minimum Gasteiger partial charge on any atom is -0.405 e. The lowest BCUT2D eigenvalue weighted by molar-refractivity contribution is -0.274. The molecule has 0 fully saturated rings. The van der Waals surface area contributed by atoms with Gasteiger partial charge in [0.15, 0.2) is 0 Å². The van der Waals surface area contributed by atoms with Crippen molar-refractivity contribution in [1.82, 2.24) is 10.0 Å². The van der Waals surface area contributed by atoms with E-state index in [1.54, 1.807) is 0 Å². The van der Waals surface area contributed by atoms with Crippen molar-refractivity contribution in [1.29, 1.82) is 0 Å². The number of carbonyl (C=O) groups excluding carboxylic acids is 1. The third-order valence-electron chi connectivity index (χ3n) is 3.66. The number of para-hydroxylation sites is 1. The van der Waals surface area contributed by atoms with Crippen molar-refractivity contribution in [3.63, 3.8) is 0 Å². The Labute approximate surface area is 165 Å². The van der Waals surface area contributed by atoms with Crippen LogP contribution in [-0.4, -0.2) is 40.9 Å². The van der Waals surface area contributed by atoms with E-state index in [0.29, 0.717) is 0 Å². The summed E-state index contributed by atoms with van der Waals surface area (Å²) >= 11 is 0. The van der Waals surface area contributed by atoms with Crippen LogP contribution < -0.4 is 14.8 Å². The fourth-order valence-electron chi connectivity index (χ4n) is 2.30. The Morgan fingerprint density at radius 2 is 1.72 bits per heavy atom.